The summed E-state index contributed by atoms with van der Waals surface area (Å²) in [7, 11) is 0. The second-order valence-corrected chi connectivity index (χ2v) is 5.45. The lowest BCUT2D eigenvalue weighted by Gasteiger charge is -2.31. The average molecular weight is 318 g/mol. The maximum Gasteiger partial charge on any atom is 0.282 e. The molecule has 3 aromatic carbocycles. The van der Waals surface area contributed by atoms with Gasteiger partial charge in [-0.2, -0.15) is 0 Å². The molecule has 0 saturated carbocycles. The number of anilines is 1. The molecular formula is C20H18N2O2. The molecule has 4 heteroatoms. The van der Waals surface area contributed by atoms with E-state index in [1.807, 2.05) is 18.2 Å². The fourth-order valence-electron chi connectivity index (χ4n) is 2.65. The topological polar surface area (TPSA) is 66.6 Å². The zero-order valence-corrected chi connectivity index (χ0v) is 13.0. The molecule has 3 aromatic rings. The average Bonchev–Trinajstić information content (AvgIpc) is 2.68. The maximum atomic E-state index is 13.1. The lowest BCUT2D eigenvalue weighted by atomic mass is 9.85. The Morgan fingerprint density at radius 2 is 1.12 bits per heavy atom. The van der Waals surface area contributed by atoms with Crippen LogP contribution < -0.4 is 10.9 Å². The summed E-state index contributed by atoms with van der Waals surface area (Å²) in [4.78, 5) is 13.1. The molecule has 0 aliphatic carbocycles. The smallest absolute Gasteiger partial charge is 0.282 e. The van der Waals surface area contributed by atoms with Crippen molar-refractivity contribution in [1.29, 1.82) is 0 Å². The highest BCUT2D eigenvalue weighted by molar-refractivity contribution is 6.01. The first-order valence-corrected chi connectivity index (χ1v) is 7.62. The summed E-state index contributed by atoms with van der Waals surface area (Å²) in [5.41, 5.74) is -0.430. The van der Waals surface area contributed by atoms with E-state index >= 15 is 0 Å². The highest BCUT2D eigenvalue weighted by Crippen LogP contribution is 2.32. The fourth-order valence-corrected chi connectivity index (χ4v) is 2.65. The minimum Gasteiger partial charge on any atom is -0.372 e. The van der Waals surface area contributed by atoms with Gasteiger partial charge in [0.2, 0.25) is 0 Å². The molecular weight excluding hydrogens is 300 g/mol. The first-order valence-electron chi connectivity index (χ1n) is 7.62. The molecule has 1 amide bonds. The predicted molar refractivity (Wildman–Crippen MR) is 94.0 cm³/mol. The van der Waals surface area contributed by atoms with Gasteiger partial charge in [-0.1, -0.05) is 78.9 Å². The monoisotopic (exact) mass is 318 g/mol. The number of carbonyl (C=O) groups excluding carboxylic acids is 1. The third-order valence-electron chi connectivity index (χ3n) is 3.95. The zero-order chi connectivity index (χ0) is 17.0. The Morgan fingerprint density at radius 1 is 0.750 bits per heavy atom. The lowest BCUT2D eigenvalue weighted by Crippen LogP contribution is -2.51. The van der Waals surface area contributed by atoms with Gasteiger partial charge in [-0.25, -0.2) is 10.9 Å². The number of nitrogens with zero attached hydrogens (tertiary/aromatic N) is 1. The molecule has 3 rings (SSSR count). The maximum absolute atomic E-state index is 13.1. The number of hydrogen-bond donors (Lipinski definition) is 2. The number of benzene rings is 3. The van der Waals surface area contributed by atoms with Crippen LogP contribution in [0, 0.1) is 0 Å². The number of para-hydroxylation sites is 1. The molecule has 0 bridgehead atoms. The first kappa shape index (κ1) is 15.9. The summed E-state index contributed by atoms with van der Waals surface area (Å²) < 4.78 is 0. The van der Waals surface area contributed by atoms with E-state index in [-0.39, 0.29) is 0 Å². The van der Waals surface area contributed by atoms with E-state index in [0.29, 0.717) is 16.8 Å². The van der Waals surface area contributed by atoms with E-state index in [1.165, 1.54) is 0 Å². The molecule has 0 spiro atoms. The van der Waals surface area contributed by atoms with Crippen molar-refractivity contribution >= 4 is 11.6 Å². The minimum absolute atomic E-state index is 0.465. The molecule has 24 heavy (non-hydrogen) atoms. The lowest BCUT2D eigenvalue weighted by molar-refractivity contribution is -0.133. The predicted octanol–water partition coefficient (Wildman–Crippen LogP) is 2.83. The molecule has 0 atom stereocenters. The van der Waals surface area contributed by atoms with Crippen LogP contribution >= 0.6 is 0 Å². The van der Waals surface area contributed by atoms with Gasteiger partial charge in [0, 0.05) is 0 Å². The van der Waals surface area contributed by atoms with Crippen LogP contribution in [0.3, 0.4) is 0 Å². The largest absolute Gasteiger partial charge is 0.372 e. The van der Waals surface area contributed by atoms with Crippen molar-refractivity contribution in [3.8, 4) is 0 Å². The summed E-state index contributed by atoms with van der Waals surface area (Å²) in [5, 5.41) is 12.4. The quantitative estimate of drug-likeness (QED) is 0.441. The summed E-state index contributed by atoms with van der Waals surface area (Å²) >= 11 is 0. The van der Waals surface area contributed by atoms with E-state index in [1.54, 1.807) is 72.8 Å². The van der Waals surface area contributed by atoms with Gasteiger partial charge in [-0.3, -0.25) is 4.79 Å². The van der Waals surface area contributed by atoms with E-state index in [9.17, 15) is 9.90 Å². The molecule has 0 aromatic heterocycles. The number of amides is 1. The van der Waals surface area contributed by atoms with Crippen LogP contribution in [0.4, 0.5) is 5.69 Å². The van der Waals surface area contributed by atoms with Crippen molar-refractivity contribution < 1.29 is 9.90 Å². The summed E-state index contributed by atoms with van der Waals surface area (Å²) in [6, 6.07) is 26.5. The van der Waals surface area contributed by atoms with Gasteiger partial charge in [0.05, 0.1) is 5.69 Å². The number of aliphatic hydroxyl groups is 1. The fraction of sp³-hybridized carbons (Fsp3) is 0.0500. The van der Waals surface area contributed by atoms with Crippen LogP contribution in [0.15, 0.2) is 91.0 Å². The number of carbonyl (C=O) groups is 1. The van der Waals surface area contributed by atoms with Crippen molar-refractivity contribution in [1.82, 2.24) is 0 Å². The van der Waals surface area contributed by atoms with E-state index in [0.717, 1.165) is 5.01 Å². The van der Waals surface area contributed by atoms with Gasteiger partial charge in [-0.05, 0) is 23.3 Å². The molecule has 0 fully saturated rings. The van der Waals surface area contributed by atoms with Gasteiger partial charge in [0.15, 0.2) is 5.60 Å². The van der Waals surface area contributed by atoms with E-state index < -0.39 is 11.5 Å². The molecule has 0 heterocycles. The Labute approximate surface area is 140 Å². The Kier molecular flexibility index (Phi) is 4.42. The van der Waals surface area contributed by atoms with Crippen molar-refractivity contribution in [2.24, 2.45) is 5.84 Å². The van der Waals surface area contributed by atoms with Gasteiger partial charge < -0.3 is 5.11 Å². The Balaban J connectivity index is 2.10. The minimum atomic E-state index is -1.87. The van der Waals surface area contributed by atoms with Crippen LogP contribution in [0.5, 0.6) is 0 Å². The first-order chi connectivity index (χ1) is 11.6. The van der Waals surface area contributed by atoms with Gasteiger partial charge in [0.25, 0.3) is 5.91 Å². The number of nitrogens with two attached hydrogens (primary N) is 1. The second kappa shape index (κ2) is 6.66. The van der Waals surface area contributed by atoms with Crippen LogP contribution in [0.25, 0.3) is 0 Å². The highest BCUT2D eigenvalue weighted by atomic mass is 16.3. The molecule has 0 unspecified atom stereocenters. The number of rotatable bonds is 4. The second-order valence-electron chi connectivity index (χ2n) is 5.45. The van der Waals surface area contributed by atoms with Crippen molar-refractivity contribution in [2.75, 3.05) is 5.01 Å². The van der Waals surface area contributed by atoms with E-state index in [2.05, 4.69) is 0 Å². The zero-order valence-electron chi connectivity index (χ0n) is 13.0. The molecule has 0 aliphatic heterocycles. The Morgan fingerprint density at radius 3 is 1.54 bits per heavy atom. The van der Waals surface area contributed by atoms with Crippen LogP contribution in [0.1, 0.15) is 11.1 Å². The summed E-state index contributed by atoms with van der Waals surface area (Å²) in [6.45, 7) is 0. The van der Waals surface area contributed by atoms with Gasteiger partial charge in [0.1, 0.15) is 0 Å². The molecule has 0 radical (unpaired) electrons. The number of hydrazine groups is 1. The molecule has 0 saturated heterocycles. The SMILES string of the molecule is NN(C(=O)C(O)(c1ccccc1)c1ccccc1)c1ccccc1. The highest BCUT2D eigenvalue weighted by Gasteiger charge is 2.42. The van der Waals surface area contributed by atoms with Crippen LogP contribution in [-0.2, 0) is 10.4 Å². The van der Waals surface area contributed by atoms with Crippen LogP contribution in [-0.4, -0.2) is 11.0 Å². The standard InChI is InChI=1S/C20H18N2O2/c21-22(18-14-8-3-9-15-18)19(23)20(24,16-10-4-1-5-11-16)17-12-6-2-7-13-17/h1-15,24H,21H2. The van der Waals surface area contributed by atoms with Crippen molar-refractivity contribution in [3.63, 3.8) is 0 Å². The molecule has 0 aliphatic rings. The number of hydrogen-bond acceptors (Lipinski definition) is 3. The van der Waals surface area contributed by atoms with E-state index in [4.69, 9.17) is 5.84 Å². The van der Waals surface area contributed by atoms with Crippen molar-refractivity contribution in [2.45, 2.75) is 5.60 Å². The third kappa shape index (κ3) is 2.80. The Hall–Kier alpha value is -2.95. The normalized spacial score (nSPS) is 11.1. The summed E-state index contributed by atoms with van der Waals surface area (Å²) in [5.74, 6) is 5.40. The van der Waals surface area contributed by atoms with Crippen LogP contribution in [0.2, 0.25) is 0 Å². The summed E-state index contributed by atoms with van der Waals surface area (Å²) in [6.07, 6.45) is 0. The van der Waals surface area contributed by atoms with Gasteiger partial charge >= 0.3 is 0 Å². The Bertz CT molecular complexity index is 765. The molecule has 120 valence electrons. The van der Waals surface area contributed by atoms with Gasteiger partial charge in [-0.15, -0.1) is 0 Å². The molecule has 3 N–H and O–H groups in total. The third-order valence-corrected chi connectivity index (χ3v) is 3.95. The molecule has 4 nitrogen and oxygen atoms in total. The van der Waals surface area contributed by atoms with Crippen molar-refractivity contribution in [3.05, 3.63) is 102 Å².